The number of carbonyl (C=O) groups excluding carboxylic acids is 1. The van der Waals surface area contributed by atoms with Crippen LogP contribution in [-0.4, -0.2) is 25.7 Å². The van der Waals surface area contributed by atoms with E-state index in [2.05, 4.69) is 5.32 Å². The molecule has 4 nitrogen and oxygen atoms in total. The number of methoxy groups -OCH3 is 1. The lowest BCUT2D eigenvalue weighted by Gasteiger charge is -2.13. The van der Waals surface area contributed by atoms with Crippen molar-refractivity contribution >= 4 is 24.0 Å². The molecule has 1 rings (SSSR count). The topological polar surface area (TPSA) is 64.3 Å². The lowest BCUT2D eigenvalue weighted by atomic mass is 10.1. The summed E-state index contributed by atoms with van der Waals surface area (Å²) in [6.45, 7) is 4.34. The number of rotatable bonds is 5. The fourth-order valence-electron chi connectivity index (χ4n) is 1.62. The highest BCUT2D eigenvalue weighted by atomic mass is 35.5. The third-order valence-electron chi connectivity index (χ3n) is 2.67. The first-order chi connectivity index (χ1) is 8.06. The smallest absolute Gasteiger partial charge is 0.227 e. The predicted molar refractivity (Wildman–Crippen MR) is 76.3 cm³/mol. The predicted octanol–water partition coefficient (Wildman–Crippen LogP) is 2.03. The van der Waals surface area contributed by atoms with E-state index in [1.54, 1.807) is 7.11 Å². The maximum atomic E-state index is 11.7. The van der Waals surface area contributed by atoms with Gasteiger partial charge < -0.3 is 15.8 Å². The molecule has 0 aliphatic heterocycles. The van der Waals surface area contributed by atoms with Crippen molar-refractivity contribution in [3.8, 4) is 0 Å². The van der Waals surface area contributed by atoms with Gasteiger partial charge in [0.1, 0.15) is 0 Å². The minimum Gasteiger partial charge on any atom is -0.380 e. The first kappa shape index (κ1) is 16.9. The molecule has 1 amide bonds. The molecule has 18 heavy (non-hydrogen) atoms. The van der Waals surface area contributed by atoms with Crippen LogP contribution in [0.25, 0.3) is 0 Å². The highest BCUT2D eigenvalue weighted by Gasteiger charge is 2.12. The second-order valence-corrected chi connectivity index (χ2v) is 4.16. The molecule has 0 bridgehead atoms. The van der Waals surface area contributed by atoms with Crippen molar-refractivity contribution in [1.82, 2.24) is 0 Å². The van der Waals surface area contributed by atoms with Gasteiger partial charge in [-0.15, -0.1) is 12.4 Å². The van der Waals surface area contributed by atoms with Crippen LogP contribution in [0, 0.1) is 13.8 Å². The number of carbonyl (C=O) groups is 1. The van der Waals surface area contributed by atoms with Crippen LogP contribution in [0.2, 0.25) is 0 Å². The first-order valence-corrected chi connectivity index (χ1v) is 5.66. The maximum Gasteiger partial charge on any atom is 0.227 e. The monoisotopic (exact) mass is 272 g/mol. The highest BCUT2D eigenvalue weighted by molar-refractivity contribution is 5.91. The van der Waals surface area contributed by atoms with Gasteiger partial charge in [-0.05, 0) is 25.5 Å². The second-order valence-electron chi connectivity index (χ2n) is 4.16. The van der Waals surface area contributed by atoms with E-state index in [4.69, 9.17) is 10.5 Å². The summed E-state index contributed by atoms with van der Waals surface area (Å²) < 4.78 is 5.07. The van der Waals surface area contributed by atoms with E-state index in [0.29, 0.717) is 6.54 Å². The molecule has 0 aliphatic rings. The van der Waals surface area contributed by atoms with E-state index in [9.17, 15) is 4.79 Å². The molecule has 3 N–H and O–H groups in total. The van der Waals surface area contributed by atoms with E-state index in [1.165, 1.54) is 5.56 Å². The average Bonchev–Trinajstić information content (AvgIpc) is 2.29. The number of halogens is 1. The van der Waals surface area contributed by atoms with Crippen molar-refractivity contribution in [3.63, 3.8) is 0 Å². The van der Waals surface area contributed by atoms with Gasteiger partial charge in [0.15, 0.2) is 0 Å². The van der Waals surface area contributed by atoms with Crippen molar-refractivity contribution < 1.29 is 9.53 Å². The van der Waals surface area contributed by atoms with Crippen LogP contribution >= 0.6 is 12.4 Å². The van der Waals surface area contributed by atoms with Crippen LogP contribution in [0.3, 0.4) is 0 Å². The Hall–Kier alpha value is -1.10. The van der Waals surface area contributed by atoms with Crippen LogP contribution in [0.4, 0.5) is 5.69 Å². The molecule has 5 heteroatoms. The summed E-state index contributed by atoms with van der Waals surface area (Å²) in [4.78, 5) is 11.7. The van der Waals surface area contributed by atoms with Crippen LogP contribution in [0.1, 0.15) is 17.5 Å². The molecular formula is C13H21ClN2O2. The van der Waals surface area contributed by atoms with Gasteiger partial charge in [-0.25, -0.2) is 0 Å². The van der Waals surface area contributed by atoms with Gasteiger partial charge in [0.2, 0.25) is 5.91 Å². The Bertz CT molecular complexity index is 393. The Morgan fingerprint density at radius 1 is 1.44 bits per heavy atom. The Balaban J connectivity index is 0.00000289. The molecule has 0 radical (unpaired) electrons. The molecule has 0 fully saturated rings. The molecule has 0 aliphatic carbocycles. The maximum absolute atomic E-state index is 11.7. The summed E-state index contributed by atoms with van der Waals surface area (Å²) >= 11 is 0. The molecule has 102 valence electrons. The fraction of sp³-hybridized carbons (Fsp3) is 0.462. The van der Waals surface area contributed by atoms with Gasteiger partial charge >= 0.3 is 0 Å². The van der Waals surface area contributed by atoms with Crippen LogP contribution in [-0.2, 0) is 9.53 Å². The number of amides is 1. The second kappa shape index (κ2) is 8.08. The van der Waals surface area contributed by atoms with Crippen LogP contribution in [0.15, 0.2) is 18.2 Å². The van der Waals surface area contributed by atoms with Crippen molar-refractivity contribution in [3.05, 3.63) is 29.3 Å². The van der Waals surface area contributed by atoms with E-state index >= 15 is 0 Å². The quantitative estimate of drug-likeness (QED) is 0.862. The summed E-state index contributed by atoms with van der Waals surface area (Å²) in [6, 6.07) is 5.92. The number of nitrogens with one attached hydrogen (secondary N) is 1. The lowest BCUT2D eigenvalue weighted by molar-refractivity contribution is -0.118. The molecule has 1 aromatic rings. The summed E-state index contributed by atoms with van der Waals surface area (Å²) in [5.74, 6) is -0.0748. The molecule has 0 spiro atoms. The normalized spacial score (nSPS) is 11.6. The molecule has 0 saturated heterocycles. The molecule has 0 saturated carbocycles. The van der Waals surface area contributed by atoms with Gasteiger partial charge in [-0.1, -0.05) is 17.7 Å². The van der Waals surface area contributed by atoms with Crippen molar-refractivity contribution in [1.29, 1.82) is 0 Å². The summed E-state index contributed by atoms with van der Waals surface area (Å²) in [6.07, 6.45) is 0.0566. The van der Waals surface area contributed by atoms with Crippen molar-refractivity contribution in [2.75, 3.05) is 19.0 Å². The largest absolute Gasteiger partial charge is 0.380 e. The Labute approximate surface area is 114 Å². The molecule has 1 atom stereocenters. The average molecular weight is 273 g/mol. The zero-order valence-electron chi connectivity index (χ0n) is 11.0. The zero-order chi connectivity index (χ0) is 12.8. The summed E-state index contributed by atoms with van der Waals surface area (Å²) in [5.41, 5.74) is 8.54. The number of nitrogens with two attached hydrogens (primary N) is 1. The third kappa shape index (κ3) is 5.04. The van der Waals surface area contributed by atoms with Gasteiger partial charge in [0, 0.05) is 19.3 Å². The Kier molecular flexibility index (Phi) is 7.59. The van der Waals surface area contributed by atoms with Gasteiger partial charge in [0.25, 0.3) is 0 Å². The number of anilines is 1. The molecular weight excluding hydrogens is 252 g/mol. The first-order valence-electron chi connectivity index (χ1n) is 5.66. The third-order valence-corrected chi connectivity index (χ3v) is 2.67. The number of benzene rings is 1. The van der Waals surface area contributed by atoms with Gasteiger partial charge in [-0.3, -0.25) is 4.79 Å². The van der Waals surface area contributed by atoms with Crippen LogP contribution < -0.4 is 11.1 Å². The SMILES string of the molecule is COC(CN)CC(=O)Nc1ccc(C)cc1C.Cl. The van der Waals surface area contributed by atoms with Gasteiger partial charge in [0.05, 0.1) is 12.5 Å². The minimum atomic E-state index is -0.222. The molecule has 1 aromatic carbocycles. The fourth-order valence-corrected chi connectivity index (χ4v) is 1.62. The summed E-state index contributed by atoms with van der Waals surface area (Å²) in [5, 5.41) is 2.86. The minimum absolute atomic E-state index is 0. The standard InChI is InChI=1S/C13H20N2O2.ClH/c1-9-4-5-12(10(2)6-9)15-13(16)7-11(8-14)17-3;/h4-6,11H,7-8,14H2,1-3H3,(H,15,16);1H. The number of hydrogen-bond acceptors (Lipinski definition) is 3. The number of ether oxygens (including phenoxy) is 1. The van der Waals surface area contributed by atoms with E-state index in [0.717, 1.165) is 11.3 Å². The zero-order valence-corrected chi connectivity index (χ0v) is 11.8. The van der Waals surface area contributed by atoms with E-state index in [1.807, 2.05) is 32.0 Å². The number of aryl methyl sites for hydroxylation is 2. The molecule has 0 aromatic heterocycles. The Morgan fingerprint density at radius 2 is 2.11 bits per heavy atom. The molecule has 1 unspecified atom stereocenters. The Morgan fingerprint density at radius 3 is 2.61 bits per heavy atom. The number of hydrogen-bond donors (Lipinski definition) is 2. The highest BCUT2D eigenvalue weighted by Crippen LogP contribution is 2.16. The molecule has 0 heterocycles. The lowest BCUT2D eigenvalue weighted by Crippen LogP contribution is -2.28. The van der Waals surface area contributed by atoms with E-state index in [-0.39, 0.29) is 30.8 Å². The van der Waals surface area contributed by atoms with Gasteiger partial charge in [-0.2, -0.15) is 0 Å². The van der Waals surface area contributed by atoms with E-state index < -0.39 is 0 Å². The van der Waals surface area contributed by atoms with Crippen molar-refractivity contribution in [2.45, 2.75) is 26.4 Å². The van der Waals surface area contributed by atoms with Crippen LogP contribution in [0.5, 0.6) is 0 Å². The summed E-state index contributed by atoms with van der Waals surface area (Å²) in [7, 11) is 1.56. The van der Waals surface area contributed by atoms with Crippen molar-refractivity contribution in [2.24, 2.45) is 5.73 Å².